The number of amides is 1. The fourth-order valence-electron chi connectivity index (χ4n) is 2.90. The maximum atomic E-state index is 12.4. The molecule has 3 nitrogen and oxygen atoms in total. The van der Waals surface area contributed by atoms with E-state index in [1.54, 1.807) is 0 Å². The van der Waals surface area contributed by atoms with Crippen molar-refractivity contribution in [3.05, 3.63) is 35.9 Å². The van der Waals surface area contributed by atoms with E-state index < -0.39 is 5.92 Å². The second-order valence-electron chi connectivity index (χ2n) is 5.70. The summed E-state index contributed by atoms with van der Waals surface area (Å²) in [4.78, 5) is 12.4. The molecule has 0 heterocycles. The molecule has 1 aliphatic rings. The predicted molar refractivity (Wildman–Crippen MR) is 79.0 cm³/mol. The second kappa shape index (κ2) is 7.09. The van der Waals surface area contributed by atoms with Gasteiger partial charge in [0.25, 0.3) is 0 Å². The second-order valence-corrected chi connectivity index (χ2v) is 5.70. The molecule has 1 amide bonds. The van der Waals surface area contributed by atoms with Gasteiger partial charge in [0.05, 0.1) is 6.07 Å². The fourth-order valence-corrected chi connectivity index (χ4v) is 2.90. The number of nitrogens with one attached hydrogen (secondary N) is 1. The van der Waals surface area contributed by atoms with Crippen LogP contribution in [-0.4, -0.2) is 11.9 Å². The van der Waals surface area contributed by atoms with Crippen LogP contribution in [0, 0.1) is 17.2 Å². The van der Waals surface area contributed by atoms with Gasteiger partial charge in [-0.25, -0.2) is 0 Å². The Kier molecular flexibility index (Phi) is 5.17. The molecule has 1 saturated carbocycles. The number of nitrogens with zero attached hydrogens (tertiary/aromatic N) is 1. The highest BCUT2D eigenvalue weighted by molar-refractivity contribution is 5.86. The number of carbonyl (C=O) groups is 1. The van der Waals surface area contributed by atoms with E-state index >= 15 is 0 Å². The van der Waals surface area contributed by atoms with E-state index in [4.69, 9.17) is 0 Å². The molecule has 1 aromatic carbocycles. The summed E-state index contributed by atoms with van der Waals surface area (Å²) in [7, 11) is 0. The van der Waals surface area contributed by atoms with Gasteiger partial charge in [0.15, 0.2) is 0 Å². The number of rotatable bonds is 3. The Morgan fingerprint density at radius 3 is 2.65 bits per heavy atom. The summed E-state index contributed by atoms with van der Waals surface area (Å²) in [5.74, 6) is -0.360. The fraction of sp³-hybridized carbons (Fsp3) is 0.529. The van der Waals surface area contributed by atoms with Crippen molar-refractivity contribution in [2.75, 3.05) is 0 Å². The highest BCUT2D eigenvalue weighted by Crippen LogP contribution is 2.24. The number of nitriles is 1. The topological polar surface area (TPSA) is 52.9 Å². The molecular weight excluding hydrogens is 248 g/mol. The van der Waals surface area contributed by atoms with Crippen LogP contribution in [0.5, 0.6) is 0 Å². The Hall–Kier alpha value is -1.82. The maximum absolute atomic E-state index is 12.4. The van der Waals surface area contributed by atoms with Gasteiger partial charge in [-0.05, 0) is 24.3 Å². The van der Waals surface area contributed by atoms with E-state index in [-0.39, 0.29) is 11.9 Å². The normalized spacial score (nSPS) is 24.2. The van der Waals surface area contributed by atoms with Crippen molar-refractivity contribution >= 4 is 5.91 Å². The van der Waals surface area contributed by atoms with Crippen LogP contribution in [0.1, 0.15) is 50.5 Å². The zero-order valence-electron chi connectivity index (χ0n) is 12.0. The lowest BCUT2D eigenvalue weighted by Crippen LogP contribution is -2.41. The Balaban J connectivity index is 2.04. The van der Waals surface area contributed by atoms with Crippen LogP contribution < -0.4 is 5.32 Å². The molecule has 0 aromatic heterocycles. The minimum absolute atomic E-state index is 0.155. The zero-order chi connectivity index (χ0) is 14.4. The molecule has 1 aliphatic carbocycles. The molecule has 2 rings (SSSR count). The van der Waals surface area contributed by atoms with Crippen LogP contribution in [-0.2, 0) is 4.79 Å². The van der Waals surface area contributed by atoms with Gasteiger partial charge in [0.2, 0.25) is 5.91 Å². The minimum atomic E-state index is -0.702. The third kappa shape index (κ3) is 3.60. The third-order valence-electron chi connectivity index (χ3n) is 4.21. The molecule has 3 heteroatoms. The van der Waals surface area contributed by atoms with Crippen molar-refractivity contribution in [2.45, 2.75) is 51.0 Å². The Morgan fingerprint density at radius 2 is 1.95 bits per heavy atom. The smallest absolute Gasteiger partial charge is 0.242 e. The molecule has 3 atom stereocenters. The average Bonchev–Trinajstić information content (AvgIpc) is 2.66. The van der Waals surface area contributed by atoms with Gasteiger partial charge >= 0.3 is 0 Å². The van der Waals surface area contributed by atoms with Crippen LogP contribution in [0.2, 0.25) is 0 Å². The van der Waals surface area contributed by atoms with E-state index in [2.05, 4.69) is 18.3 Å². The van der Waals surface area contributed by atoms with Gasteiger partial charge in [-0.3, -0.25) is 4.79 Å². The highest BCUT2D eigenvalue weighted by atomic mass is 16.1. The lowest BCUT2D eigenvalue weighted by Gasteiger charge is -2.24. The quantitative estimate of drug-likeness (QED) is 0.856. The van der Waals surface area contributed by atoms with Gasteiger partial charge in [-0.15, -0.1) is 0 Å². The molecular formula is C17H22N2O. The van der Waals surface area contributed by atoms with Crippen LogP contribution in [0.15, 0.2) is 30.3 Å². The molecule has 3 unspecified atom stereocenters. The first-order valence-electron chi connectivity index (χ1n) is 7.47. The molecule has 1 N–H and O–H groups in total. The number of benzene rings is 1. The van der Waals surface area contributed by atoms with Crippen molar-refractivity contribution in [3.63, 3.8) is 0 Å². The summed E-state index contributed by atoms with van der Waals surface area (Å²) < 4.78 is 0. The van der Waals surface area contributed by atoms with Crippen LogP contribution in [0.25, 0.3) is 0 Å². The molecule has 106 valence electrons. The first-order chi connectivity index (χ1) is 9.72. The SMILES string of the molecule is CC1CCCCCC1NC(=O)C(C#N)c1ccccc1. The van der Waals surface area contributed by atoms with Gasteiger partial charge in [0, 0.05) is 6.04 Å². The third-order valence-corrected chi connectivity index (χ3v) is 4.21. The zero-order valence-corrected chi connectivity index (χ0v) is 12.0. The summed E-state index contributed by atoms with van der Waals surface area (Å²) in [6.45, 7) is 2.19. The molecule has 0 bridgehead atoms. The standard InChI is InChI=1S/C17H22N2O/c1-13-8-4-2-7-11-16(13)19-17(20)15(12-18)14-9-5-3-6-10-14/h3,5-6,9-10,13,15-16H,2,4,7-8,11H2,1H3,(H,19,20). The van der Waals surface area contributed by atoms with Crippen LogP contribution >= 0.6 is 0 Å². The summed E-state index contributed by atoms with van der Waals surface area (Å²) >= 11 is 0. The summed E-state index contributed by atoms with van der Waals surface area (Å²) in [6.07, 6.45) is 5.84. The molecule has 0 spiro atoms. The van der Waals surface area contributed by atoms with Gasteiger partial charge in [-0.2, -0.15) is 5.26 Å². The molecule has 0 aliphatic heterocycles. The predicted octanol–water partition coefficient (Wildman–Crippen LogP) is 3.38. The van der Waals surface area contributed by atoms with Gasteiger partial charge in [0.1, 0.15) is 5.92 Å². The minimum Gasteiger partial charge on any atom is -0.352 e. The summed E-state index contributed by atoms with van der Waals surface area (Å²) in [6, 6.07) is 11.6. The van der Waals surface area contributed by atoms with Gasteiger partial charge < -0.3 is 5.32 Å². The van der Waals surface area contributed by atoms with Crippen LogP contribution in [0.4, 0.5) is 0 Å². The Morgan fingerprint density at radius 1 is 1.25 bits per heavy atom. The van der Waals surface area contributed by atoms with Gasteiger partial charge in [-0.1, -0.05) is 56.5 Å². The molecule has 0 saturated heterocycles. The summed E-state index contributed by atoms with van der Waals surface area (Å²) in [5.41, 5.74) is 0.772. The maximum Gasteiger partial charge on any atom is 0.242 e. The Bertz CT molecular complexity index is 478. The Labute approximate surface area is 121 Å². The number of carbonyl (C=O) groups excluding carboxylic acids is 1. The average molecular weight is 270 g/mol. The van der Waals surface area contributed by atoms with E-state index in [1.807, 2.05) is 30.3 Å². The molecule has 0 radical (unpaired) electrons. The molecule has 1 fully saturated rings. The van der Waals surface area contributed by atoms with E-state index in [0.717, 1.165) is 24.8 Å². The number of hydrogen-bond acceptors (Lipinski definition) is 2. The first kappa shape index (κ1) is 14.6. The van der Waals surface area contributed by atoms with Crippen molar-refractivity contribution < 1.29 is 4.79 Å². The van der Waals surface area contributed by atoms with E-state index in [9.17, 15) is 10.1 Å². The lowest BCUT2D eigenvalue weighted by molar-refractivity contribution is -0.122. The highest BCUT2D eigenvalue weighted by Gasteiger charge is 2.26. The lowest BCUT2D eigenvalue weighted by atomic mass is 9.94. The largest absolute Gasteiger partial charge is 0.352 e. The molecule has 20 heavy (non-hydrogen) atoms. The van der Waals surface area contributed by atoms with Crippen molar-refractivity contribution in [3.8, 4) is 6.07 Å². The van der Waals surface area contributed by atoms with Crippen LogP contribution in [0.3, 0.4) is 0 Å². The monoisotopic (exact) mass is 270 g/mol. The number of hydrogen-bond donors (Lipinski definition) is 1. The first-order valence-corrected chi connectivity index (χ1v) is 7.47. The van der Waals surface area contributed by atoms with Crippen molar-refractivity contribution in [2.24, 2.45) is 5.92 Å². The molecule has 1 aromatic rings. The van der Waals surface area contributed by atoms with Crippen molar-refractivity contribution in [1.29, 1.82) is 5.26 Å². The van der Waals surface area contributed by atoms with E-state index in [1.165, 1.54) is 12.8 Å². The van der Waals surface area contributed by atoms with Crippen molar-refractivity contribution in [1.82, 2.24) is 5.32 Å². The van der Waals surface area contributed by atoms with E-state index in [0.29, 0.717) is 5.92 Å². The summed E-state index contributed by atoms with van der Waals surface area (Å²) in [5, 5.41) is 12.4.